The lowest BCUT2D eigenvalue weighted by atomic mass is 9.97. The van der Waals surface area contributed by atoms with E-state index in [0.717, 1.165) is 30.0 Å². The molecule has 0 radical (unpaired) electrons. The standard InChI is InChI=1S/C19H24FN5/c1-12-11-13(5-6-14(12)20)22-18-21-10-9-17(24-18)23-15-7-8-16(15)25-19(2,3)4/h5-6,9-11,25H,7-8H2,1-4H3,(H2,21,22,23,24). The number of hydrogen-bond acceptors (Lipinski definition) is 5. The maximum atomic E-state index is 13.4. The van der Waals surface area contributed by atoms with Gasteiger partial charge in [-0.25, -0.2) is 9.37 Å². The highest BCUT2D eigenvalue weighted by Gasteiger charge is 2.22. The van der Waals surface area contributed by atoms with Crippen LogP contribution in [-0.2, 0) is 0 Å². The molecule has 0 saturated heterocycles. The average Bonchev–Trinajstić information content (AvgIpc) is 2.53. The average molecular weight is 341 g/mol. The van der Waals surface area contributed by atoms with Crippen molar-refractivity contribution in [1.29, 1.82) is 0 Å². The number of rotatable bonds is 5. The fraction of sp³-hybridized carbons (Fsp3) is 0.368. The van der Waals surface area contributed by atoms with Crippen molar-refractivity contribution in [2.24, 2.45) is 0 Å². The molecule has 5 nitrogen and oxygen atoms in total. The minimum atomic E-state index is -0.224. The van der Waals surface area contributed by atoms with Crippen molar-refractivity contribution in [3.05, 3.63) is 53.2 Å². The first kappa shape index (κ1) is 17.2. The molecule has 2 aromatic rings. The van der Waals surface area contributed by atoms with Crippen LogP contribution in [-0.4, -0.2) is 15.5 Å². The first-order chi connectivity index (χ1) is 11.8. The van der Waals surface area contributed by atoms with Crippen molar-refractivity contribution >= 4 is 17.5 Å². The van der Waals surface area contributed by atoms with E-state index in [0.29, 0.717) is 11.5 Å². The summed E-state index contributed by atoms with van der Waals surface area (Å²) in [6.07, 6.45) is 3.75. The van der Waals surface area contributed by atoms with Gasteiger partial charge in [-0.2, -0.15) is 4.98 Å². The first-order valence-electron chi connectivity index (χ1n) is 8.44. The van der Waals surface area contributed by atoms with Crippen molar-refractivity contribution in [3.8, 4) is 0 Å². The SMILES string of the molecule is Cc1cc(Nc2nccc(NC3=C(NC(C)(C)C)CC3)n2)ccc1F. The Kier molecular flexibility index (Phi) is 4.61. The normalized spacial score (nSPS) is 14.1. The molecule has 1 aliphatic rings. The second-order valence-corrected chi connectivity index (χ2v) is 7.31. The van der Waals surface area contributed by atoms with Crippen molar-refractivity contribution in [2.75, 3.05) is 10.6 Å². The summed E-state index contributed by atoms with van der Waals surface area (Å²) >= 11 is 0. The zero-order chi connectivity index (χ0) is 18.0. The van der Waals surface area contributed by atoms with Gasteiger partial charge in [-0.3, -0.25) is 0 Å². The molecule has 6 heteroatoms. The van der Waals surface area contributed by atoms with Gasteiger partial charge in [-0.05, 0) is 70.4 Å². The summed E-state index contributed by atoms with van der Waals surface area (Å²) in [6, 6.07) is 6.68. The number of aromatic nitrogens is 2. The van der Waals surface area contributed by atoms with Crippen LogP contribution in [0.3, 0.4) is 0 Å². The largest absolute Gasteiger partial charge is 0.382 e. The van der Waals surface area contributed by atoms with Crippen LogP contribution in [0.2, 0.25) is 0 Å². The molecule has 0 amide bonds. The highest BCUT2D eigenvalue weighted by Crippen LogP contribution is 2.28. The Labute approximate surface area is 147 Å². The van der Waals surface area contributed by atoms with Gasteiger partial charge in [-0.15, -0.1) is 0 Å². The molecule has 0 atom stereocenters. The topological polar surface area (TPSA) is 61.9 Å². The molecule has 0 aliphatic heterocycles. The zero-order valence-corrected chi connectivity index (χ0v) is 15.1. The van der Waals surface area contributed by atoms with Gasteiger partial charge in [0.2, 0.25) is 5.95 Å². The van der Waals surface area contributed by atoms with E-state index in [2.05, 4.69) is 46.7 Å². The van der Waals surface area contributed by atoms with E-state index in [-0.39, 0.29) is 11.4 Å². The lowest BCUT2D eigenvalue weighted by Crippen LogP contribution is -2.38. The van der Waals surface area contributed by atoms with E-state index >= 15 is 0 Å². The molecule has 132 valence electrons. The molecule has 0 fully saturated rings. The number of benzene rings is 1. The molecule has 3 rings (SSSR count). The fourth-order valence-electron chi connectivity index (χ4n) is 2.60. The minimum Gasteiger partial charge on any atom is -0.382 e. The molecule has 3 N–H and O–H groups in total. The number of hydrogen-bond donors (Lipinski definition) is 3. The quantitative estimate of drug-likeness (QED) is 0.749. The molecule has 1 aliphatic carbocycles. The number of nitrogens with one attached hydrogen (secondary N) is 3. The number of aryl methyl sites for hydroxylation is 1. The van der Waals surface area contributed by atoms with Gasteiger partial charge in [0.05, 0.1) is 0 Å². The van der Waals surface area contributed by atoms with Crippen LogP contribution in [0.25, 0.3) is 0 Å². The third kappa shape index (κ3) is 4.47. The van der Waals surface area contributed by atoms with Crippen molar-refractivity contribution in [1.82, 2.24) is 15.3 Å². The van der Waals surface area contributed by atoms with Gasteiger partial charge in [0, 0.05) is 28.8 Å². The lowest BCUT2D eigenvalue weighted by Gasteiger charge is -2.32. The number of nitrogens with zero attached hydrogens (tertiary/aromatic N) is 2. The summed E-state index contributed by atoms with van der Waals surface area (Å²) in [6.45, 7) is 8.17. The monoisotopic (exact) mass is 341 g/mol. The Morgan fingerprint density at radius 3 is 2.44 bits per heavy atom. The highest BCUT2D eigenvalue weighted by atomic mass is 19.1. The molecule has 0 saturated carbocycles. The van der Waals surface area contributed by atoms with E-state index in [1.807, 2.05) is 6.07 Å². The van der Waals surface area contributed by atoms with E-state index in [4.69, 9.17) is 0 Å². The Morgan fingerprint density at radius 2 is 1.80 bits per heavy atom. The van der Waals surface area contributed by atoms with Gasteiger partial charge < -0.3 is 16.0 Å². The maximum absolute atomic E-state index is 13.4. The first-order valence-corrected chi connectivity index (χ1v) is 8.44. The Morgan fingerprint density at radius 1 is 1.04 bits per heavy atom. The van der Waals surface area contributed by atoms with Gasteiger partial charge in [-0.1, -0.05) is 0 Å². The van der Waals surface area contributed by atoms with Gasteiger partial charge >= 0.3 is 0 Å². The zero-order valence-electron chi connectivity index (χ0n) is 15.1. The summed E-state index contributed by atoms with van der Waals surface area (Å²) in [7, 11) is 0. The van der Waals surface area contributed by atoms with Crippen LogP contribution >= 0.6 is 0 Å². The molecule has 25 heavy (non-hydrogen) atoms. The van der Waals surface area contributed by atoms with Crippen LogP contribution in [0.1, 0.15) is 39.2 Å². The van der Waals surface area contributed by atoms with Crippen LogP contribution in [0.15, 0.2) is 41.9 Å². The fourth-order valence-corrected chi connectivity index (χ4v) is 2.60. The van der Waals surface area contributed by atoms with E-state index in [1.54, 1.807) is 25.3 Å². The Bertz CT molecular complexity index is 808. The van der Waals surface area contributed by atoms with Crippen molar-refractivity contribution < 1.29 is 4.39 Å². The maximum Gasteiger partial charge on any atom is 0.229 e. The van der Waals surface area contributed by atoms with Gasteiger partial charge in [0.1, 0.15) is 11.6 Å². The van der Waals surface area contributed by atoms with E-state index in [1.165, 1.54) is 11.8 Å². The minimum absolute atomic E-state index is 0.0432. The lowest BCUT2D eigenvalue weighted by molar-refractivity contribution is 0.446. The van der Waals surface area contributed by atoms with Crippen LogP contribution in [0, 0.1) is 12.7 Å². The van der Waals surface area contributed by atoms with Gasteiger partial charge in [0.15, 0.2) is 0 Å². The molecule has 1 aromatic carbocycles. The predicted octanol–water partition coefficient (Wildman–Crippen LogP) is 4.47. The van der Waals surface area contributed by atoms with Crippen molar-refractivity contribution in [2.45, 2.75) is 46.1 Å². The molecule has 0 unspecified atom stereocenters. The highest BCUT2D eigenvalue weighted by molar-refractivity contribution is 5.56. The summed E-state index contributed by atoms with van der Waals surface area (Å²) in [4.78, 5) is 8.71. The summed E-state index contributed by atoms with van der Waals surface area (Å²) in [5.41, 5.74) is 3.78. The summed E-state index contributed by atoms with van der Waals surface area (Å²) in [5, 5.41) is 9.99. The van der Waals surface area contributed by atoms with Gasteiger partial charge in [0.25, 0.3) is 0 Å². The number of allylic oxidation sites excluding steroid dienone is 2. The molecule has 0 bridgehead atoms. The smallest absolute Gasteiger partial charge is 0.229 e. The third-order valence-electron chi connectivity index (χ3n) is 3.86. The second kappa shape index (κ2) is 6.70. The molecular weight excluding hydrogens is 317 g/mol. The van der Waals surface area contributed by atoms with E-state index in [9.17, 15) is 4.39 Å². The second-order valence-electron chi connectivity index (χ2n) is 7.31. The molecular formula is C19H24FN5. The molecule has 1 heterocycles. The Balaban J connectivity index is 1.71. The summed E-state index contributed by atoms with van der Waals surface area (Å²) < 4.78 is 13.4. The van der Waals surface area contributed by atoms with Crippen molar-refractivity contribution in [3.63, 3.8) is 0 Å². The number of halogens is 1. The van der Waals surface area contributed by atoms with Crippen LogP contribution in [0.5, 0.6) is 0 Å². The van der Waals surface area contributed by atoms with E-state index < -0.39 is 0 Å². The Hall–Kier alpha value is -2.63. The number of anilines is 3. The van der Waals surface area contributed by atoms with Crippen LogP contribution in [0.4, 0.5) is 21.8 Å². The summed E-state index contributed by atoms with van der Waals surface area (Å²) in [5.74, 6) is 0.984. The predicted molar refractivity (Wildman–Crippen MR) is 99.2 cm³/mol. The van der Waals surface area contributed by atoms with Crippen LogP contribution < -0.4 is 16.0 Å². The molecule has 1 aromatic heterocycles. The third-order valence-corrected chi connectivity index (χ3v) is 3.86. The molecule has 0 spiro atoms.